The highest BCUT2D eigenvalue weighted by Gasteiger charge is 2.13. The molecule has 19 heavy (non-hydrogen) atoms. The van der Waals surface area contributed by atoms with E-state index in [1.165, 1.54) is 0 Å². The zero-order chi connectivity index (χ0) is 14.5. The molecule has 4 nitrogen and oxygen atoms in total. The lowest BCUT2D eigenvalue weighted by atomic mass is 10.1. The number of aliphatic hydroxyl groups excluding tert-OH is 1. The topological polar surface area (TPSA) is 44.7 Å². The molecular weight excluding hydrogens is 240 g/mol. The third-order valence-electron chi connectivity index (χ3n) is 2.87. The summed E-state index contributed by atoms with van der Waals surface area (Å²) in [5.74, 6) is 0.840. The first-order valence-electron chi connectivity index (χ1n) is 6.60. The Morgan fingerprint density at radius 3 is 2.32 bits per heavy atom. The van der Waals surface area contributed by atoms with E-state index in [2.05, 4.69) is 26.1 Å². The number of methoxy groups -OCH3 is 1. The molecule has 2 N–H and O–H groups in total. The van der Waals surface area contributed by atoms with Gasteiger partial charge in [-0.1, -0.05) is 0 Å². The molecule has 0 aliphatic heterocycles. The van der Waals surface area contributed by atoms with Crippen LogP contribution in [0.25, 0.3) is 0 Å². The molecule has 0 radical (unpaired) electrons. The van der Waals surface area contributed by atoms with Crippen LogP contribution >= 0.6 is 0 Å². The quantitative estimate of drug-likeness (QED) is 0.825. The second-order valence-corrected chi connectivity index (χ2v) is 5.86. The lowest BCUT2D eigenvalue weighted by Gasteiger charge is -2.26. The Morgan fingerprint density at radius 2 is 1.84 bits per heavy atom. The Labute approximate surface area is 116 Å². The maximum Gasteiger partial charge on any atom is 0.119 e. The van der Waals surface area contributed by atoms with Gasteiger partial charge in [0.2, 0.25) is 0 Å². The summed E-state index contributed by atoms with van der Waals surface area (Å²) < 4.78 is 5.13. The van der Waals surface area contributed by atoms with Crippen molar-refractivity contribution in [2.24, 2.45) is 0 Å². The second-order valence-electron chi connectivity index (χ2n) is 5.86. The number of rotatable bonds is 6. The molecule has 1 atom stereocenters. The number of nitrogens with zero attached hydrogens (tertiary/aromatic N) is 1. The smallest absolute Gasteiger partial charge is 0.119 e. The first-order chi connectivity index (χ1) is 8.81. The fourth-order valence-electron chi connectivity index (χ4n) is 1.75. The van der Waals surface area contributed by atoms with Gasteiger partial charge in [-0.25, -0.2) is 0 Å². The van der Waals surface area contributed by atoms with Gasteiger partial charge >= 0.3 is 0 Å². The summed E-state index contributed by atoms with van der Waals surface area (Å²) in [5, 5.41) is 13.3. The van der Waals surface area contributed by atoms with Crippen LogP contribution in [0.1, 0.15) is 20.8 Å². The lowest BCUT2D eigenvalue weighted by molar-refractivity contribution is 0.167. The number of β-amino-alcohol motifs (C(OH)–C–C–N with tert-alkyl or cyclic N) is 1. The number of ether oxygens (including phenoxy) is 1. The van der Waals surface area contributed by atoms with Gasteiger partial charge in [-0.05, 0) is 45.0 Å². The molecule has 0 bridgehead atoms. The van der Waals surface area contributed by atoms with Gasteiger partial charge in [0.05, 0.1) is 13.2 Å². The van der Waals surface area contributed by atoms with Gasteiger partial charge in [0.1, 0.15) is 5.75 Å². The highest BCUT2D eigenvalue weighted by molar-refractivity contribution is 5.48. The molecule has 1 unspecified atom stereocenters. The maximum absolute atomic E-state index is 10.0. The van der Waals surface area contributed by atoms with Crippen LogP contribution in [0.3, 0.4) is 0 Å². The monoisotopic (exact) mass is 266 g/mol. The van der Waals surface area contributed by atoms with E-state index in [4.69, 9.17) is 4.74 Å². The van der Waals surface area contributed by atoms with E-state index < -0.39 is 6.10 Å². The van der Waals surface area contributed by atoms with Crippen LogP contribution in [0.5, 0.6) is 5.75 Å². The molecule has 0 heterocycles. The van der Waals surface area contributed by atoms with Crippen LogP contribution < -0.4 is 15.0 Å². The molecule has 0 spiro atoms. The van der Waals surface area contributed by atoms with Gasteiger partial charge in [0, 0.05) is 31.4 Å². The maximum atomic E-state index is 10.0. The molecule has 1 aromatic carbocycles. The molecule has 0 aromatic heterocycles. The highest BCUT2D eigenvalue weighted by Crippen LogP contribution is 2.18. The molecular formula is C15H26N2O2. The number of benzene rings is 1. The molecule has 0 amide bonds. The van der Waals surface area contributed by atoms with Crippen LogP contribution in [-0.2, 0) is 0 Å². The Morgan fingerprint density at radius 1 is 1.26 bits per heavy atom. The van der Waals surface area contributed by atoms with Crippen LogP contribution in [0.15, 0.2) is 24.3 Å². The summed E-state index contributed by atoms with van der Waals surface area (Å²) in [5.41, 5.74) is 1.09. The number of likely N-dealkylation sites (N-methyl/N-ethyl adjacent to an activating group) is 1. The Bertz CT molecular complexity index is 371. The summed E-state index contributed by atoms with van der Waals surface area (Å²) in [6, 6.07) is 7.82. The number of anilines is 1. The largest absolute Gasteiger partial charge is 0.497 e. The molecule has 0 aliphatic rings. The van der Waals surface area contributed by atoms with Crippen molar-refractivity contribution >= 4 is 5.69 Å². The zero-order valence-electron chi connectivity index (χ0n) is 12.6. The number of hydrogen-bond acceptors (Lipinski definition) is 4. The van der Waals surface area contributed by atoms with Gasteiger partial charge < -0.3 is 20.1 Å². The minimum atomic E-state index is -0.397. The van der Waals surface area contributed by atoms with E-state index in [0.29, 0.717) is 13.1 Å². The Balaban J connectivity index is 2.46. The van der Waals surface area contributed by atoms with E-state index in [1.54, 1.807) is 7.11 Å². The van der Waals surface area contributed by atoms with Crippen molar-refractivity contribution in [2.45, 2.75) is 32.4 Å². The average Bonchev–Trinajstić information content (AvgIpc) is 2.35. The predicted octanol–water partition coefficient (Wildman–Crippen LogP) is 1.88. The molecule has 0 saturated heterocycles. The van der Waals surface area contributed by atoms with E-state index in [1.807, 2.05) is 36.2 Å². The zero-order valence-corrected chi connectivity index (χ0v) is 12.6. The Hall–Kier alpha value is -1.26. The van der Waals surface area contributed by atoms with Crippen molar-refractivity contribution in [1.29, 1.82) is 0 Å². The van der Waals surface area contributed by atoms with E-state index in [-0.39, 0.29) is 5.54 Å². The van der Waals surface area contributed by atoms with Gasteiger partial charge in [0.15, 0.2) is 0 Å². The van der Waals surface area contributed by atoms with Crippen molar-refractivity contribution in [3.63, 3.8) is 0 Å². The van der Waals surface area contributed by atoms with Crippen LogP contribution in [0.4, 0.5) is 5.69 Å². The normalized spacial score (nSPS) is 13.2. The molecule has 0 aliphatic carbocycles. The van der Waals surface area contributed by atoms with Gasteiger partial charge in [0.25, 0.3) is 0 Å². The predicted molar refractivity (Wildman–Crippen MR) is 80.0 cm³/mol. The van der Waals surface area contributed by atoms with Crippen molar-refractivity contribution in [1.82, 2.24) is 5.32 Å². The standard InChI is InChI=1S/C15H26N2O2/c1-15(2,3)16-10-13(18)11-17(4)12-6-8-14(19-5)9-7-12/h6-9,13,16,18H,10-11H2,1-5H3. The summed E-state index contributed by atoms with van der Waals surface area (Å²) in [7, 11) is 3.63. The van der Waals surface area contributed by atoms with Crippen LogP contribution in [0.2, 0.25) is 0 Å². The van der Waals surface area contributed by atoms with Crippen molar-refractivity contribution in [2.75, 3.05) is 32.1 Å². The van der Waals surface area contributed by atoms with Gasteiger partial charge in [-0.15, -0.1) is 0 Å². The van der Waals surface area contributed by atoms with Gasteiger partial charge in [-0.2, -0.15) is 0 Å². The fraction of sp³-hybridized carbons (Fsp3) is 0.600. The summed E-state index contributed by atoms with van der Waals surface area (Å²) in [6.07, 6.45) is -0.397. The summed E-state index contributed by atoms with van der Waals surface area (Å²) in [6.45, 7) is 7.45. The summed E-state index contributed by atoms with van der Waals surface area (Å²) >= 11 is 0. The van der Waals surface area contributed by atoms with Crippen LogP contribution in [-0.4, -0.2) is 44.0 Å². The third-order valence-corrected chi connectivity index (χ3v) is 2.87. The number of nitrogens with one attached hydrogen (secondary N) is 1. The first kappa shape index (κ1) is 15.8. The second kappa shape index (κ2) is 6.78. The van der Waals surface area contributed by atoms with E-state index in [9.17, 15) is 5.11 Å². The van der Waals surface area contributed by atoms with Crippen molar-refractivity contribution < 1.29 is 9.84 Å². The molecule has 1 aromatic rings. The van der Waals surface area contributed by atoms with Crippen molar-refractivity contribution in [3.8, 4) is 5.75 Å². The van der Waals surface area contributed by atoms with E-state index >= 15 is 0 Å². The summed E-state index contributed by atoms with van der Waals surface area (Å²) in [4.78, 5) is 2.04. The molecule has 108 valence electrons. The molecule has 4 heteroatoms. The molecule has 0 saturated carbocycles. The minimum absolute atomic E-state index is 0.0274. The first-order valence-corrected chi connectivity index (χ1v) is 6.60. The number of hydrogen-bond donors (Lipinski definition) is 2. The highest BCUT2D eigenvalue weighted by atomic mass is 16.5. The SMILES string of the molecule is COc1ccc(N(C)CC(O)CNC(C)(C)C)cc1. The van der Waals surface area contributed by atoms with E-state index in [0.717, 1.165) is 11.4 Å². The van der Waals surface area contributed by atoms with Crippen LogP contribution in [0, 0.1) is 0 Å². The molecule has 1 rings (SSSR count). The fourth-order valence-corrected chi connectivity index (χ4v) is 1.75. The van der Waals surface area contributed by atoms with Crippen molar-refractivity contribution in [3.05, 3.63) is 24.3 Å². The minimum Gasteiger partial charge on any atom is -0.497 e. The van der Waals surface area contributed by atoms with Gasteiger partial charge in [-0.3, -0.25) is 0 Å². The number of aliphatic hydroxyl groups is 1. The molecule has 0 fully saturated rings. The third kappa shape index (κ3) is 5.94. The average molecular weight is 266 g/mol. The Kier molecular flexibility index (Phi) is 5.63. The lowest BCUT2D eigenvalue weighted by Crippen LogP contribution is -2.44.